The predicted molar refractivity (Wildman–Crippen MR) is 117 cm³/mol. The van der Waals surface area contributed by atoms with Crippen molar-refractivity contribution in [3.8, 4) is 0 Å². The van der Waals surface area contributed by atoms with Crippen LogP contribution in [0.3, 0.4) is 0 Å². The third-order valence-corrected chi connectivity index (χ3v) is 6.66. The zero-order chi connectivity index (χ0) is 20.4. The zero-order valence-corrected chi connectivity index (χ0v) is 18.9. The van der Waals surface area contributed by atoms with Crippen LogP contribution in [0, 0.1) is 19.8 Å². The molecule has 1 aromatic heterocycles. The fourth-order valence-corrected chi connectivity index (χ4v) is 4.19. The molecular formula is C22H26BrClN2O2. The van der Waals surface area contributed by atoms with E-state index < -0.39 is 0 Å². The van der Waals surface area contributed by atoms with Gasteiger partial charge >= 0.3 is 0 Å². The van der Waals surface area contributed by atoms with Gasteiger partial charge in [-0.3, -0.25) is 9.59 Å². The molecule has 0 bridgehead atoms. The van der Waals surface area contributed by atoms with Crippen molar-refractivity contribution in [3.05, 3.63) is 66.5 Å². The van der Waals surface area contributed by atoms with Crippen LogP contribution in [-0.2, 0) is 6.54 Å². The number of unbranched alkanes of at least 4 members (excludes halogenated alkanes) is 1. The minimum absolute atomic E-state index is 0.0432. The molecule has 0 radical (unpaired) electrons. The third-order valence-electron chi connectivity index (χ3n) is 5.48. The van der Waals surface area contributed by atoms with E-state index in [2.05, 4.69) is 28.2 Å². The standard InChI is InChI=1S/C22H26BrClN2O2/c1-4-5-12-26-14(3)18(13(2)19(23)22(26)28)21(27)25-20(15-6-7-15)16-8-10-17(24)11-9-16/h8-11,15,20H,4-7,12H2,1-3H3,(H,25,27)/t20-/m0/s1. The zero-order valence-electron chi connectivity index (χ0n) is 16.5. The number of hydrogen-bond donors (Lipinski definition) is 1. The highest BCUT2D eigenvalue weighted by Crippen LogP contribution is 2.41. The van der Waals surface area contributed by atoms with Gasteiger partial charge in [0.2, 0.25) is 0 Å². The molecule has 1 fully saturated rings. The molecule has 0 unspecified atom stereocenters. The van der Waals surface area contributed by atoms with Crippen molar-refractivity contribution >= 4 is 33.4 Å². The molecule has 1 saturated carbocycles. The fourth-order valence-electron chi connectivity index (χ4n) is 3.65. The predicted octanol–water partition coefficient (Wildman–Crippen LogP) is 5.56. The maximum absolute atomic E-state index is 13.3. The first-order chi connectivity index (χ1) is 13.3. The Hall–Kier alpha value is -1.59. The quantitative estimate of drug-likeness (QED) is 0.582. The lowest BCUT2D eigenvalue weighted by molar-refractivity contribution is 0.0929. The van der Waals surface area contributed by atoms with Crippen molar-refractivity contribution in [2.24, 2.45) is 5.92 Å². The second-order valence-electron chi connectivity index (χ2n) is 7.55. The van der Waals surface area contributed by atoms with Gasteiger partial charge in [0.1, 0.15) is 0 Å². The Labute approximate surface area is 179 Å². The monoisotopic (exact) mass is 464 g/mol. The lowest BCUT2D eigenvalue weighted by Crippen LogP contribution is -2.34. The molecule has 0 spiro atoms. The summed E-state index contributed by atoms with van der Waals surface area (Å²) in [7, 11) is 0. The van der Waals surface area contributed by atoms with Gasteiger partial charge in [-0.15, -0.1) is 0 Å². The van der Waals surface area contributed by atoms with E-state index in [1.165, 1.54) is 0 Å². The number of nitrogens with one attached hydrogen (secondary N) is 1. The van der Waals surface area contributed by atoms with Crippen molar-refractivity contribution in [2.75, 3.05) is 0 Å². The molecule has 0 aliphatic heterocycles. The Balaban J connectivity index is 1.95. The maximum Gasteiger partial charge on any atom is 0.265 e. The molecule has 1 heterocycles. The highest BCUT2D eigenvalue weighted by atomic mass is 79.9. The van der Waals surface area contributed by atoms with Crippen molar-refractivity contribution < 1.29 is 4.79 Å². The Bertz CT molecular complexity index is 933. The van der Waals surface area contributed by atoms with Gasteiger partial charge in [-0.2, -0.15) is 0 Å². The van der Waals surface area contributed by atoms with Gasteiger partial charge in [0, 0.05) is 17.3 Å². The van der Waals surface area contributed by atoms with E-state index in [1.807, 2.05) is 38.1 Å². The maximum atomic E-state index is 13.3. The number of nitrogens with zero attached hydrogens (tertiary/aromatic N) is 1. The smallest absolute Gasteiger partial charge is 0.265 e. The number of aromatic nitrogens is 1. The average molecular weight is 466 g/mol. The Kier molecular flexibility index (Phi) is 6.66. The summed E-state index contributed by atoms with van der Waals surface area (Å²) in [5.74, 6) is 0.313. The molecule has 4 nitrogen and oxygen atoms in total. The van der Waals surface area contributed by atoms with Crippen LogP contribution < -0.4 is 10.9 Å². The van der Waals surface area contributed by atoms with Crippen LogP contribution >= 0.6 is 27.5 Å². The first-order valence-electron chi connectivity index (χ1n) is 9.81. The number of carbonyl (C=O) groups excluding carboxylic acids is 1. The van der Waals surface area contributed by atoms with Crippen LogP contribution in [0.4, 0.5) is 0 Å². The van der Waals surface area contributed by atoms with Crippen LogP contribution in [0.25, 0.3) is 0 Å². The van der Waals surface area contributed by atoms with Crippen molar-refractivity contribution in [2.45, 2.75) is 59.0 Å². The molecule has 1 N–H and O–H groups in total. The van der Waals surface area contributed by atoms with Gasteiger partial charge < -0.3 is 9.88 Å². The molecule has 1 aliphatic rings. The number of amides is 1. The molecule has 1 amide bonds. The van der Waals surface area contributed by atoms with Crippen LogP contribution in [0.5, 0.6) is 0 Å². The molecule has 1 aromatic carbocycles. The molecular weight excluding hydrogens is 440 g/mol. The van der Waals surface area contributed by atoms with Crippen molar-refractivity contribution in [1.82, 2.24) is 9.88 Å². The number of carbonyl (C=O) groups is 1. The third kappa shape index (κ3) is 4.36. The molecule has 1 aliphatic carbocycles. The van der Waals surface area contributed by atoms with Gasteiger partial charge in [0.05, 0.1) is 16.1 Å². The minimum Gasteiger partial charge on any atom is -0.345 e. The second kappa shape index (κ2) is 8.83. The van der Waals surface area contributed by atoms with E-state index in [0.717, 1.165) is 36.9 Å². The summed E-state index contributed by atoms with van der Waals surface area (Å²) >= 11 is 9.43. The number of rotatable bonds is 7. The van der Waals surface area contributed by atoms with Gasteiger partial charge in [-0.25, -0.2) is 0 Å². The molecule has 6 heteroatoms. The van der Waals surface area contributed by atoms with Crippen molar-refractivity contribution in [3.63, 3.8) is 0 Å². The number of halogens is 2. The second-order valence-corrected chi connectivity index (χ2v) is 8.78. The summed E-state index contributed by atoms with van der Waals surface area (Å²) in [6.07, 6.45) is 4.09. The molecule has 0 saturated heterocycles. The Morgan fingerprint density at radius 3 is 2.50 bits per heavy atom. The lowest BCUT2D eigenvalue weighted by Gasteiger charge is -2.22. The Morgan fingerprint density at radius 2 is 1.93 bits per heavy atom. The highest BCUT2D eigenvalue weighted by Gasteiger charge is 2.34. The van der Waals surface area contributed by atoms with E-state index in [9.17, 15) is 9.59 Å². The van der Waals surface area contributed by atoms with Crippen LogP contribution in [0.2, 0.25) is 5.02 Å². The summed E-state index contributed by atoms with van der Waals surface area (Å²) in [6, 6.07) is 7.62. The minimum atomic E-state index is -0.132. The molecule has 2 aromatic rings. The van der Waals surface area contributed by atoms with Gasteiger partial charge in [0.15, 0.2) is 0 Å². The summed E-state index contributed by atoms with van der Waals surface area (Å²) in [5, 5.41) is 3.91. The van der Waals surface area contributed by atoms with Gasteiger partial charge in [0.25, 0.3) is 11.5 Å². The molecule has 28 heavy (non-hydrogen) atoms. The van der Waals surface area contributed by atoms with Gasteiger partial charge in [-0.1, -0.05) is 37.1 Å². The van der Waals surface area contributed by atoms with E-state index in [-0.39, 0.29) is 17.5 Å². The number of benzene rings is 1. The molecule has 3 rings (SSSR count). The van der Waals surface area contributed by atoms with Gasteiger partial charge in [-0.05, 0) is 78.2 Å². The topological polar surface area (TPSA) is 51.1 Å². The lowest BCUT2D eigenvalue weighted by atomic mass is 10.0. The SMILES string of the molecule is CCCCn1c(C)c(C(=O)N[C@H](c2ccc(Cl)cc2)C2CC2)c(C)c(Br)c1=O. The van der Waals surface area contributed by atoms with Crippen LogP contribution in [0.15, 0.2) is 33.5 Å². The van der Waals surface area contributed by atoms with Crippen molar-refractivity contribution in [1.29, 1.82) is 0 Å². The van der Waals surface area contributed by atoms with Crippen LogP contribution in [-0.4, -0.2) is 10.5 Å². The average Bonchev–Trinajstić information content (AvgIpc) is 3.50. The number of hydrogen-bond acceptors (Lipinski definition) is 2. The molecule has 1 atom stereocenters. The first kappa shape index (κ1) is 21.1. The largest absolute Gasteiger partial charge is 0.345 e. The van der Waals surface area contributed by atoms with E-state index in [1.54, 1.807) is 4.57 Å². The first-order valence-corrected chi connectivity index (χ1v) is 11.0. The normalized spacial score (nSPS) is 14.8. The van der Waals surface area contributed by atoms with E-state index in [4.69, 9.17) is 11.6 Å². The summed E-state index contributed by atoms with van der Waals surface area (Å²) < 4.78 is 2.18. The summed E-state index contributed by atoms with van der Waals surface area (Å²) in [6.45, 7) is 6.39. The summed E-state index contributed by atoms with van der Waals surface area (Å²) in [4.78, 5) is 25.9. The fraction of sp³-hybridized carbons (Fsp3) is 0.455. The Morgan fingerprint density at radius 1 is 1.29 bits per heavy atom. The van der Waals surface area contributed by atoms with E-state index >= 15 is 0 Å². The highest BCUT2D eigenvalue weighted by molar-refractivity contribution is 9.10. The number of pyridine rings is 1. The van der Waals surface area contributed by atoms with Crippen LogP contribution in [0.1, 0.15) is 65.8 Å². The van der Waals surface area contributed by atoms with E-state index in [0.29, 0.717) is 33.1 Å². The molecule has 150 valence electrons. The summed E-state index contributed by atoms with van der Waals surface area (Å²) in [5.41, 5.74) is 2.99.